The van der Waals surface area contributed by atoms with E-state index in [4.69, 9.17) is 27.9 Å². The van der Waals surface area contributed by atoms with Gasteiger partial charge in [-0.25, -0.2) is 8.78 Å². The minimum absolute atomic E-state index is 0.103. The van der Waals surface area contributed by atoms with Crippen molar-refractivity contribution in [3.05, 3.63) is 34.3 Å². The Morgan fingerprint density at radius 2 is 2.16 bits per heavy atom. The van der Waals surface area contributed by atoms with E-state index in [9.17, 15) is 8.78 Å². The van der Waals surface area contributed by atoms with E-state index in [1.54, 1.807) is 12.1 Å². The number of rotatable bonds is 7. The fourth-order valence-corrected chi connectivity index (χ4v) is 1.90. The van der Waals surface area contributed by atoms with Crippen LogP contribution in [0.3, 0.4) is 0 Å². The van der Waals surface area contributed by atoms with Crippen LogP contribution in [-0.2, 0) is 6.54 Å². The van der Waals surface area contributed by atoms with Crippen molar-refractivity contribution < 1.29 is 13.9 Å². The van der Waals surface area contributed by atoms with Crippen LogP contribution in [0.15, 0.2) is 18.2 Å². The van der Waals surface area contributed by atoms with E-state index in [1.807, 2.05) is 0 Å². The topological polar surface area (TPSA) is 73.3 Å². The van der Waals surface area contributed by atoms with Crippen molar-refractivity contribution in [3.8, 4) is 0 Å². The predicted octanol–water partition coefficient (Wildman–Crippen LogP) is 1.68. The number of halogens is 3. The molecule has 4 N–H and O–H groups in total. The molecule has 106 valence electrons. The fourth-order valence-electron chi connectivity index (χ4n) is 1.66. The highest BCUT2D eigenvalue weighted by atomic mass is 35.5. The van der Waals surface area contributed by atoms with E-state index in [0.717, 1.165) is 0 Å². The molecule has 1 rings (SSSR count). The smallest absolute Gasteiger partial charge is 0.251 e. The zero-order valence-corrected chi connectivity index (χ0v) is 11.0. The Bertz CT molecular complexity index is 443. The second-order valence-electron chi connectivity index (χ2n) is 4.07. The molecule has 1 aromatic carbocycles. The molecule has 1 aromatic rings. The van der Waals surface area contributed by atoms with Crippen LogP contribution in [0.2, 0.25) is 5.02 Å². The van der Waals surface area contributed by atoms with Gasteiger partial charge in [-0.1, -0.05) is 23.7 Å². The SMILES string of the molecule is N=C(N)c1ccc(CN(CCO)CC(F)F)c(Cl)c1. The van der Waals surface area contributed by atoms with Gasteiger partial charge in [0, 0.05) is 23.7 Å². The first-order valence-electron chi connectivity index (χ1n) is 5.68. The van der Waals surface area contributed by atoms with E-state index in [2.05, 4.69) is 0 Å². The molecule has 0 saturated carbocycles. The van der Waals surface area contributed by atoms with Crippen LogP contribution in [0.25, 0.3) is 0 Å². The lowest BCUT2D eigenvalue weighted by Gasteiger charge is -2.21. The molecule has 0 heterocycles. The summed E-state index contributed by atoms with van der Waals surface area (Å²) in [5.74, 6) is -0.103. The molecule has 0 radical (unpaired) electrons. The minimum Gasteiger partial charge on any atom is -0.395 e. The maximum absolute atomic E-state index is 12.4. The number of aliphatic hydroxyl groups excluding tert-OH is 1. The van der Waals surface area contributed by atoms with Gasteiger partial charge in [-0.15, -0.1) is 0 Å². The average Bonchev–Trinajstić information content (AvgIpc) is 2.31. The van der Waals surface area contributed by atoms with Crippen LogP contribution in [-0.4, -0.2) is 42.0 Å². The summed E-state index contributed by atoms with van der Waals surface area (Å²) >= 11 is 6.03. The Morgan fingerprint density at radius 1 is 1.47 bits per heavy atom. The van der Waals surface area contributed by atoms with Gasteiger partial charge in [0.05, 0.1) is 13.2 Å². The molecule has 0 unspecified atom stereocenters. The quantitative estimate of drug-likeness (QED) is 0.529. The monoisotopic (exact) mass is 291 g/mol. The standard InChI is InChI=1S/C12H16ClF2N3O/c13-10-5-8(12(16)17)1-2-9(10)6-18(3-4-19)7-11(14)15/h1-2,5,11,19H,3-4,6-7H2,(H3,16,17). The summed E-state index contributed by atoms with van der Waals surface area (Å²) in [5.41, 5.74) is 6.47. The van der Waals surface area contributed by atoms with Crippen LogP contribution < -0.4 is 5.73 Å². The Labute approximate surface area is 115 Å². The Hall–Kier alpha value is -1.24. The van der Waals surface area contributed by atoms with Crippen molar-refractivity contribution in [1.29, 1.82) is 5.41 Å². The van der Waals surface area contributed by atoms with E-state index >= 15 is 0 Å². The number of nitrogen functional groups attached to an aromatic ring is 1. The second kappa shape index (κ2) is 7.37. The molecular weight excluding hydrogens is 276 g/mol. The van der Waals surface area contributed by atoms with Gasteiger partial charge in [-0.2, -0.15) is 0 Å². The number of aliphatic hydroxyl groups is 1. The lowest BCUT2D eigenvalue weighted by atomic mass is 10.1. The van der Waals surface area contributed by atoms with E-state index < -0.39 is 13.0 Å². The van der Waals surface area contributed by atoms with E-state index in [-0.39, 0.29) is 25.5 Å². The molecule has 0 aliphatic carbocycles. The molecule has 0 spiro atoms. The molecule has 0 aliphatic heterocycles. The molecule has 0 atom stereocenters. The summed E-state index contributed by atoms with van der Waals surface area (Å²) in [7, 11) is 0. The van der Waals surface area contributed by atoms with Crippen molar-refractivity contribution in [2.45, 2.75) is 13.0 Å². The Morgan fingerprint density at radius 3 is 2.63 bits per heavy atom. The molecule has 0 saturated heterocycles. The van der Waals surface area contributed by atoms with E-state index in [0.29, 0.717) is 16.1 Å². The predicted molar refractivity (Wildman–Crippen MR) is 70.8 cm³/mol. The minimum atomic E-state index is -2.47. The number of hydrogen-bond donors (Lipinski definition) is 3. The first kappa shape index (κ1) is 15.8. The zero-order valence-electron chi connectivity index (χ0n) is 10.2. The molecule has 0 bridgehead atoms. The number of benzene rings is 1. The average molecular weight is 292 g/mol. The van der Waals surface area contributed by atoms with Crippen molar-refractivity contribution in [2.24, 2.45) is 5.73 Å². The third-order valence-corrected chi connectivity index (χ3v) is 2.92. The summed E-state index contributed by atoms with van der Waals surface area (Å²) in [6.45, 7) is -0.266. The Kier molecular flexibility index (Phi) is 6.14. The normalized spacial score (nSPS) is 11.3. The van der Waals surface area contributed by atoms with Gasteiger partial charge in [-0.05, 0) is 11.6 Å². The summed E-state index contributed by atoms with van der Waals surface area (Å²) in [5, 5.41) is 16.5. The molecule has 19 heavy (non-hydrogen) atoms. The molecule has 0 aromatic heterocycles. The zero-order chi connectivity index (χ0) is 14.4. The molecule has 0 fully saturated rings. The number of nitrogens with zero attached hydrogens (tertiary/aromatic N) is 1. The maximum atomic E-state index is 12.4. The molecule has 0 amide bonds. The number of amidine groups is 1. The first-order chi connectivity index (χ1) is 8.93. The molecule has 4 nitrogen and oxygen atoms in total. The largest absolute Gasteiger partial charge is 0.395 e. The number of alkyl halides is 2. The van der Waals surface area contributed by atoms with Gasteiger partial charge >= 0.3 is 0 Å². The highest BCUT2D eigenvalue weighted by Gasteiger charge is 2.14. The van der Waals surface area contributed by atoms with Gasteiger partial charge in [0.15, 0.2) is 0 Å². The van der Waals surface area contributed by atoms with Crippen molar-refractivity contribution in [2.75, 3.05) is 19.7 Å². The highest BCUT2D eigenvalue weighted by Crippen LogP contribution is 2.20. The molecule has 0 aliphatic rings. The highest BCUT2D eigenvalue weighted by molar-refractivity contribution is 6.31. The fraction of sp³-hybridized carbons (Fsp3) is 0.417. The van der Waals surface area contributed by atoms with Gasteiger partial charge in [0.25, 0.3) is 6.43 Å². The van der Waals surface area contributed by atoms with Crippen LogP contribution in [0, 0.1) is 5.41 Å². The lowest BCUT2D eigenvalue weighted by Crippen LogP contribution is -2.31. The first-order valence-corrected chi connectivity index (χ1v) is 6.06. The maximum Gasteiger partial charge on any atom is 0.251 e. The third-order valence-electron chi connectivity index (χ3n) is 2.57. The summed E-state index contributed by atoms with van der Waals surface area (Å²) in [6.07, 6.45) is -2.47. The van der Waals surface area contributed by atoms with Gasteiger partial charge in [-0.3, -0.25) is 10.3 Å². The van der Waals surface area contributed by atoms with Crippen molar-refractivity contribution >= 4 is 17.4 Å². The van der Waals surface area contributed by atoms with Crippen LogP contribution in [0.1, 0.15) is 11.1 Å². The molecule has 7 heteroatoms. The summed E-state index contributed by atoms with van der Waals surface area (Å²) < 4.78 is 24.8. The lowest BCUT2D eigenvalue weighted by molar-refractivity contribution is 0.0746. The van der Waals surface area contributed by atoms with Crippen molar-refractivity contribution in [3.63, 3.8) is 0 Å². The number of nitrogens with two attached hydrogens (primary N) is 1. The van der Waals surface area contributed by atoms with Gasteiger partial charge in [0.1, 0.15) is 5.84 Å². The molecular formula is C12H16ClF2N3O. The van der Waals surface area contributed by atoms with Gasteiger partial charge in [0.2, 0.25) is 0 Å². The van der Waals surface area contributed by atoms with Crippen LogP contribution in [0.4, 0.5) is 8.78 Å². The summed E-state index contributed by atoms with van der Waals surface area (Å²) in [6, 6.07) is 4.79. The Balaban J connectivity index is 2.81. The van der Waals surface area contributed by atoms with Crippen LogP contribution >= 0.6 is 11.6 Å². The van der Waals surface area contributed by atoms with Crippen LogP contribution in [0.5, 0.6) is 0 Å². The number of nitrogens with one attached hydrogen (secondary N) is 1. The second-order valence-corrected chi connectivity index (χ2v) is 4.48. The summed E-state index contributed by atoms with van der Waals surface area (Å²) in [4.78, 5) is 1.42. The van der Waals surface area contributed by atoms with E-state index in [1.165, 1.54) is 11.0 Å². The third kappa shape index (κ3) is 5.10. The van der Waals surface area contributed by atoms with Crippen molar-refractivity contribution in [1.82, 2.24) is 4.90 Å². The number of hydrogen-bond acceptors (Lipinski definition) is 3. The van der Waals surface area contributed by atoms with Gasteiger partial charge < -0.3 is 10.8 Å².